The average Bonchev–Trinajstić information content (AvgIpc) is 3.18. The van der Waals surface area contributed by atoms with Crippen LogP contribution in [0.25, 0.3) is 11.0 Å². The number of aromatic nitrogens is 3. The van der Waals surface area contributed by atoms with Gasteiger partial charge in [-0.25, -0.2) is 4.98 Å². The third-order valence-corrected chi connectivity index (χ3v) is 4.60. The molecule has 2 heterocycles. The molecule has 0 spiro atoms. The molecule has 0 aliphatic carbocycles. The van der Waals surface area contributed by atoms with E-state index in [0.717, 1.165) is 40.3 Å². The lowest BCUT2D eigenvalue weighted by Crippen LogP contribution is -2.03. The maximum atomic E-state index is 6.23. The van der Waals surface area contributed by atoms with Gasteiger partial charge < -0.3 is 20.1 Å². The predicted octanol–water partition coefficient (Wildman–Crippen LogP) is 3.88. The SMILES string of the molecule is Cc1noc(C)c1CNc1cc(N)c2ncn(Cc3ccccc3)c2c1. The van der Waals surface area contributed by atoms with Gasteiger partial charge in [-0.2, -0.15) is 0 Å². The van der Waals surface area contributed by atoms with Crippen molar-refractivity contribution in [1.29, 1.82) is 0 Å². The molecule has 26 heavy (non-hydrogen) atoms. The van der Waals surface area contributed by atoms with Gasteiger partial charge in [0.1, 0.15) is 11.3 Å². The number of rotatable bonds is 5. The van der Waals surface area contributed by atoms with Gasteiger partial charge in [-0.15, -0.1) is 0 Å². The molecule has 4 rings (SSSR count). The first kappa shape index (κ1) is 16.2. The first-order valence-electron chi connectivity index (χ1n) is 8.55. The molecule has 132 valence electrons. The van der Waals surface area contributed by atoms with E-state index in [1.807, 2.05) is 44.4 Å². The number of hydrogen-bond donors (Lipinski definition) is 2. The molecule has 0 saturated heterocycles. The van der Waals surface area contributed by atoms with Crippen LogP contribution < -0.4 is 11.1 Å². The Hall–Kier alpha value is -3.28. The Kier molecular flexibility index (Phi) is 4.08. The van der Waals surface area contributed by atoms with Crippen molar-refractivity contribution in [3.05, 3.63) is 71.4 Å². The maximum Gasteiger partial charge on any atom is 0.138 e. The molecule has 0 fully saturated rings. The van der Waals surface area contributed by atoms with Crippen LogP contribution in [0.1, 0.15) is 22.6 Å². The minimum atomic E-state index is 0.638. The van der Waals surface area contributed by atoms with Crippen molar-refractivity contribution >= 4 is 22.4 Å². The van der Waals surface area contributed by atoms with Gasteiger partial charge in [0.05, 0.1) is 23.2 Å². The molecular formula is C20H21N5O. The van der Waals surface area contributed by atoms with Gasteiger partial charge in [0.2, 0.25) is 0 Å². The Labute approximate surface area is 151 Å². The van der Waals surface area contributed by atoms with E-state index in [0.29, 0.717) is 12.2 Å². The quantitative estimate of drug-likeness (QED) is 0.535. The maximum absolute atomic E-state index is 6.23. The van der Waals surface area contributed by atoms with Gasteiger partial charge in [-0.1, -0.05) is 35.5 Å². The summed E-state index contributed by atoms with van der Waals surface area (Å²) >= 11 is 0. The van der Waals surface area contributed by atoms with Crippen LogP contribution in [0.3, 0.4) is 0 Å². The van der Waals surface area contributed by atoms with Crippen LogP contribution in [0.4, 0.5) is 11.4 Å². The number of nitrogen functional groups attached to an aromatic ring is 1. The topological polar surface area (TPSA) is 81.9 Å². The second kappa shape index (κ2) is 6.55. The Bertz CT molecular complexity index is 1030. The van der Waals surface area contributed by atoms with Crippen LogP contribution in [0, 0.1) is 13.8 Å². The van der Waals surface area contributed by atoms with Gasteiger partial charge in [0.25, 0.3) is 0 Å². The van der Waals surface area contributed by atoms with Gasteiger partial charge in [-0.05, 0) is 31.5 Å². The highest BCUT2D eigenvalue weighted by molar-refractivity contribution is 5.91. The van der Waals surface area contributed by atoms with Gasteiger partial charge in [-0.3, -0.25) is 0 Å². The average molecular weight is 347 g/mol. The number of benzene rings is 2. The van der Waals surface area contributed by atoms with Crippen LogP contribution in [-0.2, 0) is 13.1 Å². The number of fused-ring (bicyclic) bond motifs is 1. The molecule has 2 aromatic carbocycles. The number of anilines is 2. The molecule has 0 atom stereocenters. The fraction of sp³-hybridized carbons (Fsp3) is 0.200. The van der Waals surface area contributed by atoms with E-state index in [9.17, 15) is 0 Å². The lowest BCUT2D eigenvalue weighted by molar-refractivity contribution is 0.392. The van der Waals surface area contributed by atoms with Crippen molar-refractivity contribution < 1.29 is 4.52 Å². The van der Waals surface area contributed by atoms with Crippen LogP contribution in [-0.4, -0.2) is 14.7 Å². The van der Waals surface area contributed by atoms with Gasteiger partial charge in [0, 0.05) is 24.3 Å². The minimum absolute atomic E-state index is 0.638. The summed E-state index contributed by atoms with van der Waals surface area (Å²) < 4.78 is 7.34. The molecule has 0 amide bonds. The Morgan fingerprint density at radius 2 is 1.96 bits per heavy atom. The third-order valence-electron chi connectivity index (χ3n) is 4.60. The van der Waals surface area contributed by atoms with Crippen LogP contribution >= 0.6 is 0 Å². The van der Waals surface area contributed by atoms with E-state index in [1.165, 1.54) is 5.56 Å². The summed E-state index contributed by atoms with van der Waals surface area (Å²) in [5.41, 5.74) is 12.9. The zero-order valence-electron chi connectivity index (χ0n) is 14.9. The molecule has 0 aliphatic rings. The molecular weight excluding hydrogens is 326 g/mol. The number of hydrogen-bond acceptors (Lipinski definition) is 5. The summed E-state index contributed by atoms with van der Waals surface area (Å²) in [6.07, 6.45) is 1.84. The Balaban J connectivity index is 1.63. The zero-order valence-corrected chi connectivity index (χ0v) is 14.9. The van der Waals surface area contributed by atoms with Crippen LogP contribution in [0.15, 0.2) is 53.3 Å². The summed E-state index contributed by atoms with van der Waals surface area (Å²) in [7, 11) is 0. The Morgan fingerprint density at radius 1 is 1.15 bits per heavy atom. The summed E-state index contributed by atoms with van der Waals surface area (Å²) in [4.78, 5) is 4.48. The Morgan fingerprint density at radius 3 is 2.69 bits per heavy atom. The number of aryl methyl sites for hydroxylation is 2. The van der Waals surface area contributed by atoms with Gasteiger partial charge in [0.15, 0.2) is 0 Å². The number of nitrogens with zero attached hydrogens (tertiary/aromatic N) is 3. The smallest absolute Gasteiger partial charge is 0.138 e. The van der Waals surface area contributed by atoms with E-state index < -0.39 is 0 Å². The van der Waals surface area contributed by atoms with Gasteiger partial charge >= 0.3 is 0 Å². The summed E-state index contributed by atoms with van der Waals surface area (Å²) in [6, 6.07) is 14.3. The molecule has 6 heteroatoms. The monoisotopic (exact) mass is 347 g/mol. The van der Waals surface area contributed by atoms with Crippen molar-refractivity contribution in [2.75, 3.05) is 11.1 Å². The van der Waals surface area contributed by atoms with Crippen LogP contribution in [0.2, 0.25) is 0 Å². The largest absolute Gasteiger partial charge is 0.397 e. The summed E-state index contributed by atoms with van der Waals surface area (Å²) in [5, 5.41) is 7.42. The second-order valence-electron chi connectivity index (χ2n) is 6.45. The first-order valence-corrected chi connectivity index (χ1v) is 8.55. The molecule has 0 radical (unpaired) electrons. The van der Waals surface area contributed by atoms with Crippen molar-refractivity contribution in [2.45, 2.75) is 26.9 Å². The van der Waals surface area contributed by atoms with Crippen LogP contribution in [0.5, 0.6) is 0 Å². The molecule has 4 aromatic rings. The number of nitrogens with one attached hydrogen (secondary N) is 1. The molecule has 0 aliphatic heterocycles. The molecule has 0 unspecified atom stereocenters. The zero-order chi connectivity index (χ0) is 18.1. The lowest BCUT2D eigenvalue weighted by Gasteiger charge is -2.10. The molecule has 0 saturated carbocycles. The molecule has 3 N–H and O–H groups in total. The molecule has 2 aromatic heterocycles. The van der Waals surface area contributed by atoms with E-state index >= 15 is 0 Å². The standard InChI is InChI=1S/C20H21N5O/c1-13-17(14(2)26-24-13)10-22-16-8-18(21)20-19(9-16)25(12-23-20)11-15-6-4-3-5-7-15/h3-9,12,22H,10-11,21H2,1-2H3. The number of nitrogens with two attached hydrogens (primary N) is 1. The van der Waals surface area contributed by atoms with Crippen molar-refractivity contribution in [2.24, 2.45) is 0 Å². The van der Waals surface area contributed by atoms with Crippen molar-refractivity contribution in [1.82, 2.24) is 14.7 Å². The molecule has 0 bridgehead atoms. The fourth-order valence-electron chi connectivity index (χ4n) is 3.14. The van der Waals surface area contributed by atoms with E-state index in [-0.39, 0.29) is 0 Å². The molecule has 6 nitrogen and oxygen atoms in total. The van der Waals surface area contributed by atoms with E-state index in [2.05, 4.69) is 38.2 Å². The van der Waals surface area contributed by atoms with E-state index in [4.69, 9.17) is 10.3 Å². The predicted molar refractivity (Wildman–Crippen MR) is 103 cm³/mol. The second-order valence-corrected chi connectivity index (χ2v) is 6.45. The normalized spacial score (nSPS) is 11.2. The fourth-order valence-corrected chi connectivity index (χ4v) is 3.14. The highest BCUT2D eigenvalue weighted by Crippen LogP contribution is 2.26. The lowest BCUT2D eigenvalue weighted by atomic mass is 10.2. The first-order chi connectivity index (χ1) is 12.6. The highest BCUT2D eigenvalue weighted by atomic mass is 16.5. The third kappa shape index (κ3) is 3.01. The van der Waals surface area contributed by atoms with Crippen molar-refractivity contribution in [3.8, 4) is 0 Å². The minimum Gasteiger partial charge on any atom is -0.397 e. The van der Waals surface area contributed by atoms with E-state index in [1.54, 1.807) is 0 Å². The summed E-state index contributed by atoms with van der Waals surface area (Å²) in [5.74, 6) is 0.832. The highest BCUT2D eigenvalue weighted by Gasteiger charge is 2.11. The number of imidazole rings is 1. The van der Waals surface area contributed by atoms with Crippen molar-refractivity contribution in [3.63, 3.8) is 0 Å². The summed E-state index contributed by atoms with van der Waals surface area (Å²) in [6.45, 7) is 5.26.